The van der Waals surface area contributed by atoms with Crippen molar-refractivity contribution in [3.8, 4) is 0 Å². The molecule has 1 aromatic rings. The first-order chi connectivity index (χ1) is 9.10. The highest BCUT2D eigenvalue weighted by Crippen LogP contribution is 2.20. The molecule has 2 N–H and O–H groups in total. The Kier molecular flexibility index (Phi) is 6.81. The molecule has 0 aromatic carbocycles. The largest absolute Gasteiger partial charge is 0.396 e. The van der Waals surface area contributed by atoms with Gasteiger partial charge in [-0.2, -0.15) is 0 Å². The molecule has 0 bridgehead atoms. The smallest absolute Gasteiger partial charge is 0.129 e. The first kappa shape index (κ1) is 15.9. The molecule has 0 aliphatic rings. The first-order valence-electron chi connectivity index (χ1n) is 7.17. The zero-order valence-corrected chi connectivity index (χ0v) is 12.6. The van der Waals surface area contributed by atoms with Crippen LogP contribution in [0.3, 0.4) is 0 Å². The van der Waals surface area contributed by atoms with Gasteiger partial charge in [-0.05, 0) is 51.4 Å². The highest BCUT2D eigenvalue weighted by molar-refractivity contribution is 5.42. The summed E-state index contributed by atoms with van der Waals surface area (Å²) < 4.78 is 0. The maximum atomic E-state index is 9.00. The van der Waals surface area contributed by atoms with Crippen LogP contribution in [-0.2, 0) is 0 Å². The second-order valence-corrected chi connectivity index (χ2v) is 5.09. The normalized spacial score (nSPS) is 12.7. The zero-order chi connectivity index (χ0) is 14.3. The Morgan fingerprint density at radius 3 is 2.68 bits per heavy atom. The third-order valence-electron chi connectivity index (χ3n) is 3.25. The van der Waals surface area contributed by atoms with Gasteiger partial charge < -0.3 is 15.3 Å². The van der Waals surface area contributed by atoms with Gasteiger partial charge in [0.1, 0.15) is 5.82 Å². The van der Waals surface area contributed by atoms with Crippen molar-refractivity contribution in [3.63, 3.8) is 0 Å². The Balaban J connectivity index is 2.88. The fourth-order valence-corrected chi connectivity index (χ4v) is 2.16. The highest BCUT2D eigenvalue weighted by Gasteiger charge is 2.13. The minimum absolute atomic E-state index is 0.219. The lowest BCUT2D eigenvalue weighted by atomic mass is 10.1. The van der Waals surface area contributed by atoms with Crippen molar-refractivity contribution < 1.29 is 5.11 Å². The number of pyridine rings is 1. The summed E-state index contributed by atoms with van der Waals surface area (Å²) in [7, 11) is 0. The van der Waals surface area contributed by atoms with E-state index in [0.717, 1.165) is 25.3 Å². The van der Waals surface area contributed by atoms with E-state index in [1.165, 1.54) is 5.56 Å². The standard InChI is InChI=1S/C15H27N3O/c1-5-16-13(4)14-7-8-17-15(11-14)18(12(2)3)9-6-10-19/h7-8,11-13,16,19H,5-6,9-10H2,1-4H3. The fraction of sp³-hybridized carbons (Fsp3) is 0.667. The van der Waals surface area contributed by atoms with E-state index in [9.17, 15) is 0 Å². The van der Waals surface area contributed by atoms with Gasteiger partial charge in [-0.1, -0.05) is 6.92 Å². The summed E-state index contributed by atoms with van der Waals surface area (Å²) in [6.07, 6.45) is 2.64. The molecule has 1 unspecified atom stereocenters. The van der Waals surface area contributed by atoms with Crippen molar-refractivity contribution in [2.45, 2.75) is 46.2 Å². The van der Waals surface area contributed by atoms with Gasteiger partial charge in [-0.3, -0.25) is 0 Å². The molecule has 0 saturated carbocycles. The maximum Gasteiger partial charge on any atom is 0.129 e. The highest BCUT2D eigenvalue weighted by atomic mass is 16.3. The van der Waals surface area contributed by atoms with E-state index in [4.69, 9.17) is 5.11 Å². The van der Waals surface area contributed by atoms with Gasteiger partial charge in [0.25, 0.3) is 0 Å². The number of nitrogens with zero attached hydrogens (tertiary/aromatic N) is 2. The van der Waals surface area contributed by atoms with Crippen LogP contribution in [0.5, 0.6) is 0 Å². The predicted octanol–water partition coefficient (Wildman–Crippen LogP) is 2.35. The molecule has 0 saturated heterocycles. The third-order valence-corrected chi connectivity index (χ3v) is 3.25. The van der Waals surface area contributed by atoms with Crippen LogP contribution < -0.4 is 10.2 Å². The third kappa shape index (κ3) is 4.80. The van der Waals surface area contributed by atoms with Crippen LogP contribution in [0, 0.1) is 0 Å². The number of aromatic nitrogens is 1. The molecule has 0 radical (unpaired) electrons. The lowest BCUT2D eigenvalue weighted by Crippen LogP contribution is -2.33. The maximum absolute atomic E-state index is 9.00. The van der Waals surface area contributed by atoms with E-state index >= 15 is 0 Å². The first-order valence-corrected chi connectivity index (χ1v) is 7.17. The summed E-state index contributed by atoms with van der Waals surface area (Å²) in [4.78, 5) is 6.71. The van der Waals surface area contributed by atoms with E-state index < -0.39 is 0 Å². The minimum atomic E-state index is 0.219. The molecule has 1 rings (SSSR count). The van der Waals surface area contributed by atoms with Crippen LogP contribution in [0.25, 0.3) is 0 Å². The SMILES string of the molecule is CCNC(C)c1ccnc(N(CCCO)C(C)C)c1. The van der Waals surface area contributed by atoms with Gasteiger partial charge in [-0.15, -0.1) is 0 Å². The molecule has 0 amide bonds. The van der Waals surface area contributed by atoms with Crippen LogP contribution in [0.4, 0.5) is 5.82 Å². The minimum Gasteiger partial charge on any atom is -0.396 e. The second kappa shape index (κ2) is 8.12. The van der Waals surface area contributed by atoms with Crippen molar-refractivity contribution >= 4 is 5.82 Å². The Morgan fingerprint density at radius 2 is 2.11 bits per heavy atom. The van der Waals surface area contributed by atoms with Gasteiger partial charge >= 0.3 is 0 Å². The molecular formula is C15H27N3O. The Hall–Kier alpha value is -1.13. The van der Waals surface area contributed by atoms with Crippen molar-refractivity contribution in [1.29, 1.82) is 0 Å². The van der Waals surface area contributed by atoms with E-state index in [0.29, 0.717) is 12.1 Å². The van der Waals surface area contributed by atoms with E-state index in [2.05, 4.69) is 55.0 Å². The monoisotopic (exact) mass is 265 g/mol. The Labute approximate surface area is 116 Å². The van der Waals surface area contributed by atoms with Crippen molar-refractivity contribution in [1.82, 2.24) is 10.3 Å². The number of nitrogens with one attached hydrogen (secondary N) is 1. The van der Waals surface area contributed by atoms with Gasteiger partial charge in [-0.25, -0.2) is 4.98 Å². The van der Waals surface area contributed by atoms with Crippen LogP contribution >= 0.6 is 0 Å². The number of hydrogen-bond donors (Lipinski definition) is 2. The summed E-state index contributed by atoms with van der Waals surface area (Å²) in [5, 5.41) is 12.4. The quantitative estimate of drug-likeness (QED) is 0.757. The summed E-state index contributed by atoms with van der Waals surface area (Å²) >= 11 is 0. The number of aliphatic hydroxyl groups is 1. The molecule has 4 heteroatoms. The van der Waals surface area contributed by atoms with Crippen LogP contribution in [-0.4, -0.2) is 35.8 Å². The van der Waals surface area contributed by atoms with E-state index in [1.54, 1.807) is 0 Å². The number of rotatable bonds is 8. The molecule has 0 aliphatic carbocycles. The van der Waals surface area contributed by atoms with E-state index in [-0.39, 0.29) is 6.61 Å². The summed E-state index contributed by atoms with van der Waals surface area (Å²) in [6.45, 7) is 10.6. The predicted molar refractivity (Wildman–Crippen MR) is 80.5 cm³/mol. The summed E-state index contributed by atoms with van der Waals surface area (Å²) in [6, 6.07) is 4.91. The Morgan fingerprint density at radius 1 is 1.37 bits per heavy atom. The lowest BCUT2D eigenvalue weighted by molar-refractivity contribution is 0.288. The summed E-state index contributed by atoms with van der Waals surface area (Å²) in [5.41, 5.74) is 1.25. The molecule has 0 aliphatic heterocycles. The summed E-state index contributed by atoms with van der Waals surface area (Å²) in [5.74, 6) is 0.991. The molecule has 0 spiro atoms. The zero-order valence-electron chi connectivity index (χ0n) is 12.6. The molecule has 19 heavy (non-hydrogen) atoms. The Bertz CT molecular complexity index is 368. The molecule has 1 aromatic heterocycles. The van der Waals surface area contributed by atoms with Crippen LogP contribution in [0.2, 0.25) is 0 Å². The number of aliphatic hydroxyl groups excluding tert-OH is 1. The van der Waals surface area contributed by atoms with Crippen molar-refractivity contribution in [2.24, 2.45) is 0 Å². The van der Waals surface area contributed by atoms with Gasteiger partial charge in [0.2, 0.25) is 0 Å². The average Bonchev–Trinajstić information content (AvgIpc) is 2.39. The van der Waals surface area contributed by atoms with Crippen LogP contribution in [0.15, 0.2) is 18.3 Å². The van der Waals surface area contributed by atoms with Crippen molar-refractivity contribution in [2.75, 3.05) is 24.6 Å². The molecular weight excluding hydrogens is 238 g/mol. The van der Waals surface area contributed by atoms with E-state index in [1.807, 2.05) is 6.20 Å². The fourth-order valence-electron chi connectivity index (χ4n) is 2.16. The molecule has 1 atom stereocenters. The van der Waals surface area contributed by atoms with Gasteiger partial charge in [0.05, 0.1) is 0 Å². The molecule has 1 heterocycles. The number of hydrogen-bond acceptors (Lipinski definition) is 4. The average molecular weight is 265 g/mol. The van der Waals surface area contributed by atoms with Crippen LogP contribution in [0.1, 0.15) is 45.7 Å². The lowest BCUT2D eigenvalue weighted by Gasteiger charge is -2.28. The molecule has 108 valence electrons. The number of anilines is 1. The molecule has 0 fully saturated rings. The van der Waals surface area contributed by atoms with Gasteiger partial charge in [0, 0.05) is 31.4 Å². The second-order valence-electron chi connectivity index (χ2n) is 5.09. The topological polar surface area (TPSA) is 48.4 Å². The van der Waals surface area contributed by atoms with Gasteiger partial charge in [0.15, 0.2) is 0 Å². The molecule has 4 nitrogen and oxygen atoms in total. The van der Waals surface area contributed by atoms with Crippen molar-refractivity contribution in [3.05, 3.63) is 23.9 Å².